The van der Waals surface area contributed by atoms with Crippen LogP contribution in [0.3, 0.4) is 0 Å². The largest absolute Gasteiger partial charge is 0.460 e. The van der Waals surface area contributed by atoms with Crippen LogP contribution in [-0.4, -0.2) is 30.7 Å². The van der Waals surface area contributed by atoms with E-state index in [1.165, 1.54) is 0 Å². The van der Waals surface area contributed by atoms with E-state index in [1.807, 2.05) is 60.7 Å². The Hall–Kier alpha value is -2.43. The van der Waals surface area contributed by atoms with Gasteiger partial charge in [-0.15, -0.1) is 0 Å². The quantitative estimate of drug-likeness (QED) is 0.596. The van der Waals surface area contributed by atoms with Crippen LogP contribution in [0, 0.1) is 0 Å². The van der Waals surface area contributed by atoms with Crippen LogP contribution in [0.5, 0.6) is 0 Å². The van der Waals surface area contributed by atoms with Crippen molar-refractivity contribution in [3.05, 3.63) is 71.8 Å². The number of rotatable bonds is 7. The minimum atomic E-state index is -2.94. The van der Waals surface area contributed by atoms with E-state index < -0.39 is 19.1 Å². The molecule has 1 aliphatic heterocycles. The maximum atomic E-state index is 12.9. The zero-order chi connectivity index (χ0) is 18.4. The number of oxime groups is 1. The van der Waals surface area contributed by atoms with E-state index in [9.17, 15) is 9.36 Å². The fraction of sp³-hybridized carbons (Fsp3) is 0.263. The number of hydrogen-bond donors (Lipinski definition) is 1. The summed E-state index contributed by atoms with van der Waals surface area (Å²) in [5.41, 5.74) is 2.60. The van der Waals surface area contributed by atoms with Crippen LogP contribution in [-0.2, 0) is 25.5 Å². The summed E-state index contributed by atoms with van der Waals surface area (Å²) in [7, 11) is -2.94. The molecule has 6 nitrogen and oxygen atoms in total. The van der Waals surface area contributed by atoms with Crippen molar-refractivity contribution in [1.82, 2.24) is 5.09 Å². The highest BCUT2D eigenvalue weighted by atomic mass is 31.2. The Morgan fingerprint density at radius 3 is 2.54 bits per heavy atom. The minimum absolute atomic E-state index is 0.138. The minimum Gasteiger partial charge on any atom is -0.460 e. The van der Waals surface area contributed by atoms with Crippen molar-refractivity contribution >= 4 is 19.0 Å². The number of carbonyl (C=O) groups is 1. The van der Waals surface area contributed by atoms with Gasteiger partial charge in [-0.2, -0.15) is 0 Å². The third-order valence-electron chi connectivity index (χ3n) is 4.09. The van der Waals surface area contributed by atoms with Gasteiger partial charge in [0.25, 0.3) is 0 Å². The van der Waals surface area contributed by atoms with Crippen LogP contribution >= 0.6 is 7.29 Å². The van der Waals surface area contributed by atoms with Crippen molar-refractivity contribution in [2.75, 3.05) is 13.2 Å². The molecule has 0 aliphatic carbocycles. The van der Waals surface area contributed by atoms with E-state index in [2.05, 4.69) is 10.2 Å². The first-order valence-corrected chi connectivity index (χ1v) is 10.6. The lowest BCUT2D eigenvalue weighted by atomic mass is 10.1. The van der Waals surface area contributed by atoms with Gasteiger partial charge in [0.05, 0.1) is 12.3 Å². The summed E-state index contributed by atoms with van der Waals surface area (Å²) in [4.78, 5) is 17.2. The molecule has 136 valence electrons. The maximum absolute atomic E-state index is 12.9. The number of nitrogens with one attached hydrogen (secondary N) is 1. The highest BCUT2D eigenvalue weighted by Gasteiger charge is 2.36. The summed E-state index contributed by atoms with van der Waals surface area (Å²) in [6, 6.07) is 19.0. The Balaban J connectivity index is 1.47. The molecule has 0 amide bonds. The number of hydrogen-bond acceptors (Lipinski definition) is 5. The normalized spacial score (nSPS) is 18.5. The molecular weight excluding hydrogens is 351 g/mol. The predicted molar refractivity (Wildman–Crippen MR) is 100 cm³/mol. The van der Waals surface area contributed by atoms with E-state index in [-0.39, 0.29) is 13.2 Å². The van der Waals surface area contributed by atoms with E-state index in [1.54, 1.807) is 6.66 Å². The fourth-order valence-electron chi connectivity index (χ4n) is 2.54. The molecule has 1 aliphatic rings. The first kappa shape index (κ1) is 18.4. The van der Waals surface area contributed by atoms with Crippen molar-refractivity contribution in [2.45, 2.75) is 18.9 Å². The van der Waals surface area contributed by atoms with Crippen LogP contribution < -0.4 is 5.09 Å². The van der Waals surface area contributed by atoms with Gasteiger partial charge in [0.15, 0.2) is 13.1 Å². The molecule has 2 aromatic rings. The van der Waals surface area contributed by atoms with Gasteiger partial charge in [0.1, 0.15) is 6.61 Å². The number of nitrogens with zero attached hydrogens (tertiary/aromatic N) is 1. The molecule has 0 fully saturated rings. The topological polar surface area (TPSA) is 77.0 Å². The van der Waals surface area contributed by atoms with Gasteiger partial charge in [-0.1, -0.05) is 65.8 Å². The fourth-order valence-corrected chi connectivity index (χ4v) is 3.94. The van der Waals surface area contributed by atoms with Gasteiger partial charge in [-0.25, -0.2) is 0 Å². The Kier molecular flexibility index (Phi) is 5.86. The molecule has 3 rings (SSSR count). The first-order chi connectivity index (χ1) is 12.5. The monoisotopic (exact) mass is 372 g/mol. The Labute approximate surface area is 152 Å². The third kappa shape index (κ3) is 4.81. The molecule has 2 unspecified atom stereocenters. The van der Waals surface area contributed by atoms with Gasteiger partial charge in [0.2, 0.25) is 0 Å². The van der Waals surface area contributed by atoms with Crippen LogP contribution in [0.25, 0.3) is 0 Å². The van der Waals surface area contributed by atoms with Crippen molar-refractivity contribution < 1.29 is 18.9 Å². The summed E-state index contributed by atoms with van der Waals surface area (Å²) >= 11 is 0. The van der Waals surface area contributed by atoms with Gasteiger partial charge in [-0.3, -0.25) is 9.88 Å². The number of benzene rings is 2. The second-order valence-corrected chi connectivity index (χ2v) is 9.01. The van der Waals surface area contributed by atoms with Crippen molar-refractivity contribution in [3.63, 3.8) is 0 Å². The Bertz CT molecular complexity index is 824. The molecule has 7 heteroatoms. The molecule has 0 aromatic heterocycles. The van der Waals surface area contributed by atoms with Crippen LogP contribution in [0.1, 0.15) is 17.5 Å². The average Bonchev–Trinajstić information content (AvgIpc) is 3.18. The SMILES string of the molecule is CP(=O)(NCC(=O)OCc1ccccc1)C1CC(c2ccccc2)=NO1. The van der Waals surface area contributed by atoms with Crippen molar-refractivity contribution in [3.8, 4) is 0 Å². The van der Waals surface area contributed by atoms with Crippen molar-refractivity contribution in [2.24, 2.45) is 5.16 Å². The van der Waals surface area contributed by atoms with Gasteiger partial charge < -0.3 is 14.1 Å². The van der Waals surface area contributed by atoms with Crippen molar-refractivity contribution in [1.29, 1.82) is 0 Å². The van der Waals surface area contributed by atoms with Crippen LogP contribution in [0.15, 0.2) is 65.8 Å². The Morgan fingerprint density at radius 2 is 1.85 bits per heavy atom. The average molecular weight is 372 g/mol. The lowest BCUT2D eigenvalue weighted by molar-refractivity contribution is -0.143. The summed E-state index contributed by atoms with van der Waals surface area (Å²) < 4.78 is 18.0. The van der Waals surface area contributed by atoms with Gasteiger partial charge in [0, 0.05) is 13.1 Å². The summed E-state index contributed by atoms with van der Waals surface area (Å²) in [6.45, 7) is 1.61. The standard InChI is InChI=1S/C19H21N2O4P/c1-26(23,19-12-17(21-25-19)16-10-6-3-7-11-16)20-13-18(22)24-14-15-8-4-2-5-9-15/h2-11,19H,12-14H2,1H3,(H,20,23). The zero-order valence-electron chi connectivity index (χ0n) is 14.5. The Morgan fingerprint density at radius 1 is 1.19 bits per heavy atom. The highest BCUT2D eigenvalue weighted by Crippen LogP contribution is 2.47. The molecule has 0 radical (unpaired) electrons. The molecule has 0 saturated heterocycles. The molecule has 26 heavy (non-hydrogen) atoms. The van der Waals surface area contributed by atoms with Gasteiger partial charge in [-0.05, 0) is 11.1 Å². The number of carbonyl (C=O) groups excluding carboxylic acids is 1. The summed E-state index contributed by atoms with van der Waals surface area (Å²) in [5, 5.41) is 6.84. The molecule has 0 saturated carbocycles. The molecule has 0 bridgehead atoms. The zero-order valence-corrected chi connectivity index (χ0v) is 15.4. The van der Waals surface area contributed by atoms with Crippen LogP contribution in [0.4, 0.5) is 0 Å². The molecule has 1 heterocycles. The smallest absolute Gasteiger partial charge is 0.320 e. The van der Waals surface area contributed by atoms with E-state index in [0.717, 1.165) is 16.8 Å². The second kappa shape index (κ2) is 8.30. The lowest BCUT2D eigenvalue weighted by Gasteiger charge is -2.19. The van der Waals surface area contributed by atoms with E-state index >= 15 is 0 Å². The predicted octanol–water partition coefficient (Wildman–Crippen LogP) is 3.38. The van der Waals surface area contributed by atoms with Gasteiger partial charge >= 0.3 is 5.97 Å². The molecule has 2 atom stereocenters. The number of ether oxygens (including phenoxy) is 1. The van der Waals surface area contributed by atoms with E-state index in [4.69, 9.17) is 9.57 Å². The molecular formula is C19H21N2O4P. The summed E-state index contributed by atoms with van der Waals surface area (Å²) in [6.07, 6.45) is 0.434. The van der Waals surface area contributed by atoms with Crippen LogP contribution in [0.2, 0.25) is 0 Å². The molecule has 0 spiro atoms. The third-order valence-corrected chi connectivity index (χ3v) is 6.25. The maximum Gasteiger partial charge on any atom is 0.320 e. The number of esters is 1. The molecule has 1 N–H and O–H groups in total. The highest BCUT2D eigenvalue weighted by molar-refractivity contribution is 7.61. The molecule has 2 aromatic carbocycles. The van der Waals surface area contributed by atoms with E-state index in [0.29, 0.717) is 6.42 Å². The lowest BCUT2D eigenvalue weighted by Crippen LogP contribution is -2.27. The first-order valence-electron chi connectivity index (χ1n) is 8.34. The summed E-state index contributed by atoms with van der Waals surface area (Å²) in [5.74, 6) is -1.04. The second-order valence-electron chi connectivity index (χ2n) is 6.14.